The van der Waals surface area contributed by atoms with Crippen LogP contribution in [0.4, 0.5) is 10.5 Å². The standard InChI is InChI=1S/C18H21ClN4O4/c1-25-15-6-5-12(19)10-14(15)20-18(24)23-9-3-4-13(11-23)27-17-8-7-16(26-2)21-22-17/h5-8,10,13H,3-4,9,11H2,1-2H3,(H,20,24). The molecule has 0 aliphatic carbocycles. The molecule has 1 aliphatic rings. The Kier molecular flexibility index (Phi) is 6.18. The molecule has 9 heteroatoms. The zero-order chi connectivity index (χ0) is 19.2. The van der Waals surface area contributed by atoms with E-state index in [0.29, 0.717) is 41.3 Å². The number of carbonyl (C=O) groups is 1. The van der Waals surface area contributed by atoms with Gasteiger partial charge in [-0.15, -0.1) is 10.2 Å². The smallest absolute Gasteiger partial charge is 0.322 e. The second-order valence-electron chi connectivity index (χ2n) is 6.02. The fourth-order valence-corrected chi connectivity index (χ4v) is 3.01. The summed E-state index contributed by atoms with van der Waals surface area (Å²) in [6.07, 6.45) is 1.50. The van der Waals surface area contributed by atoms with Crippen molar-refractivity contribution in [3.05, 3.63) is 35.4 Å². The van der Waals surface area contributed by atoms with Crippen LogP contribution in [-0.4, -0.2) is 54.5 Å². The van der Waals surface area contributed by atoms with Crippen LogP contribution in [0.15, 0.2) is 30.3 Å². The molecule has 1 aliphatic heterocycles. The monoisotopic (exact) mass is 392 g/mol. The van der Waals surface area contributed by atoms with Gasteiger partial charge in [0.05, 0.1) is 26.5 Å². The van der Waals surface area contributed by atoms with E-state index in [1.807, 2.05) is 0 Å². The molecule has 0 radical (unpaired) electrons. The number of nitrogens with zero attached hydrogens (tertiary/aromatic N) is 3. The predicted molar refractivity (Wildman–Crippen MR) is 101 cm³/mol. The fraction of sp³-hybridized carbons (Fsp3) is 0.389. The van der Waals surface area contributed by atoms with Gasteiger partial charge in [0.25, 0.3) is 0 Å². The van der Waals surface area contributed by atoms with Gasteiger partial charge in [-0.05, 0) is 31.0 Å². The quantitative estimate of drug-likeness (QED) is 0.840. The van der Waals surface area contributed by atoms with Crippen LogP contribution < -0.4 is 19.5 Å². The second kappa shape index (κ2) is 8.77. The molecular formula is C18H21ClN4O4. The minimum atomic E-state index is -0.232. The van der Waals surface area contributed by atoms with Crippen LogP contribution in [0.3, 0.4) is 0 Å². The number of ether oxygens (including phenoxy) is 3. The van der Waals surface area contributed by atoms with Crippen LogP contribution in [0.25, 0.3) is 0 Å². The molecule has 144 valence electrons. The molecule has 0 bridgehead atoms. The molecule has 1 aromatic carbocycles. The lowest BCUT2D eigenvalue weighted by molar-refractivity contribution is 0.101. The molecule has 1 N–H and O–H groups in total. The Bertz CT molecular complexity index is 787. The molecule has 2 aromatic rings. The van der Waals surface area contributed by atoms with Crippen molar-refractivity contribution in [2.24, 2.45) is 0 Å². The van der Waals surface area contributed by atoms with Crippen molar-refractivity contribution < 1.29 is 19.0 Å². The third-order valence-corrected chi connectivity index (χ3v) is 4.42. The summed E-state index contributed by atoms with van der Waals surface area (Å²) < 4.78 is 16.1. The van der Waals surface area contributed by atoms with Gasteiger partial charge in [-0.2, -0.15) is 0 Å². The number of amides is 2. The number of piperidine rings is 1. The van der Waals surface area contributed by atoms with E-state index in [0.717, 1.165) is 12.8 Å². The predicted octanol–water partition coefficient (Wildman–Crippen LogP) is 3.22. The van der Waals surface area contributed by atoms with Gasteiger partial charge in [-0.3, -0.25) is 0 Å². The normalized spacial score (nSPS) is 16.6. The van der Waals surface area contributed by atoms with Crippen molar-refractivity contribution >= 4 is 23.3 Å². The zero-order valence-corrected chi connectivity index (χ0v) is 15.9. The van der Waals surface area contributed by atoms with Gasteiger partial charge in [0.2, 0.25) is 11.8 Å². The summed E-state index contributed by atoms with van der Waals surface area (Å²) in [7, 11) is 3.07. The lowest BCUT2D eigenvalue weighted by Gasteiger charge is -2.32. The first-order valence-electron chi connectivity index (χ1n) is 8.53. The summed E-state index contributed by atoms with van der Waals surface area (Å²) in [4.78, 5) is 14.3. The van der Waals surface area contributed by atoms with E-state index < -0.39 is 0 Å². The van der Waals surface area contributed by atoms with Gasteiger partial charge in [0.15, 0.2) is 0 Å². The highest BCUT2D eigenvalue weighted by Crippen LogP contribution is 2.28. The van der Waals surface area contributed by atoms with Crippen molar-refractivity contribution in [2.75, 3.05) is 32.6 Å². The van der Waals surface area contributed by atoms with E-state index in [-0.39, 0.29) is 12.1 Å². The van der Waals surface area contributed by atoms with Crippen LogP contribution in [0.5, 0.6) is 17.5 Å². The van der Waals surface area contributed by atoms with Crippen molar-refractivity contribution in [2.45, 2.75) is 18.9 Å². The summed E-state index contributed by atoms with van der Waals surface area (Å²) in [5.41, 5.74) is 0.527. The highest BCUT2D eigenvalue weighted by atomic mass is 35.5. The summed E-state index contributed by atoms with van der Waals surface area (Å²) in [5, 5.41) is 11.2. The van der Waals surface area contributed by atoms with E-state index in [4.69, 9.17) is 25.8 Å². The largest absolute Gasteiger partial charge is 0.495 e. The number of anilines is 1. The van der Waals surface area contributed by atoms with E-state index in [1.165, 1.54) is 7.11 Å². The average Bonchev–Trinajstić information content (AvgIpc) is 2.69. The van der Waals surface area contributed by atoms with Crippen LogP contribution in [-0.2, 0) is 0 Å². The maximum atomic E-state index is 12.6. The highest BCUT2D eigenvalue weighted by molar-refractivity contribution is 6.31. The van der Waals surface area contributed by atoms with Crippen LogP contribution in [0.2, 0.25) is 5.02 Å². The first kappa shape index (κ1) is 19.0. The number of benzene rings is 1. The Hall–Kier alpha value is -2.74. The van der Waals surface area contributed by atoms with Crippen molar-refractivity contribution in [3.8, 4) is 17.5 Å². The highest BCUT2D eigenvalue weighted by Gasteiger charge is 2.26. The Morgan fingerprint density at radius 1 is 1.19 bits per heavy atom. The Morgan fingerprint density at radius 3 is 2.67 bits per heavy atom. The third kappa shape index (κ3) is 4.91. The minimum absolute atomic E-state index is 0.159. The molecular weight excluding hydrogens is 372 g/mol. The number of aromatic nitrogens is 2. The first-order valence-corrected chi connectivity index (χ1v) is 8.90. The SMILES string of the molecule is COc1ccc(OC2CCCN(C(=O)Nc3cc(Cl)ccc3OC)C2)nn1. The van der Waals surface area contributed by atoms with Gasteiger partial charge in [-0.25, -0.2) is 4.79 Å². The second-order valence-corrected chi connectivity index (χ2v) is 6.45. The van der Waals surface area contributed by atoms with Crippen LogP contribution in [0, 0.1) is 0 Å². The molecule has 1 fully saturated rings. The number of likely N-dealkylation sites (tertiary alicyclic amines) is 1. The fourth-order valence-electron chi connectivity index (χ4n) is 2.84. The van der Waals surface area contributed by atoms with Crippen molar-refractivity contribution in [3.63, 3.8) is 0 Å². The zero-order valence-electron chi connectivity index (χ0n) is 15.1. The van der Waals surface area contributed by atoms with Crippen LogP contribution in [0.1, 0.15) is 12.8 Å². The van der Waals surface area contributed by atoms with E-state index in [1.54, 1.807) is 42.3 Å². The molecule has 1 saturated heterocycles. The van der Waals surface area contributed by atoms with Crippen molar-refractivity contribution in [1.29, 1.82) is 0 Å². The van der Waals surface area contributed by atoms with Gasteiger partial charge in [0, 0.05) is 23.7 Å². The van der Waals surface area contributed by atoms with E-state index in [9.17, 15) is 4.79 Å². The maximum absolute atomic E-state index is 12.6. The summed E-state index contributed by atoms with van der Waals surface area (Å²) in [6, 6.07) is 8.22. The summed E-state index contributed by atoms with van der Waals surface area (Å²) >= 11 is 6.02. The Labute approximate surface area is 162 Å². The molecule has 2 amide bonds. The number of rotatable bonds is 5. The molecule has 27 heavy (non-hydrogen) atoms. The maximum Gasteiger partial charge on any atom is 0.322 e. The molecule has 1 atom stereocenters. The minimum Gasteiger partial charge on any atom is -0.495 e. The van der Waals surface area contributed by atoms with Gasteiger partial charge >= 0.3 is 6.03 Å². The number of carbonyl (C=O) groups excluding carboxylic acids is 1. The van der Waals surface area contributed by atoms with Crippen molar-refractivity contribution in [1.82, 2.24) is 15.1 Å². The van der Waals surface area contributed by atoms with Gasteiger partial charge in [0.1, 0.15) is 11.9 Å². The lowest BCUT2D eigenvalue weighted by atomic mass is 10.1. The van der Waals surface area contributed by atoms with Crippen LogP contribution >= 0.6 is 11.6 Å². The molecule has 0 spiro atoms. The molecule has 1 unspecified atom stereocenters. The average molecular weight is 393 g/mol. The molecule has 3 rings (SSSR count). The number of methoxy groups -OCH3 is 2. The molecule has 0 saturated carbocycles. The summed E-state index contributed by atoms with van der Waals surface area (Å²) in [6.45, 7) is 1.09. The first-order chi connectivity index (χ1) is 13.1. The number of hydrogen-bond acceptors (Lipinski definition) is 6. The number of nitrogens with one attached hydrogen (secondary N) is 1. The number of hydrogen-bond donors (Lipinski definition) is 1. The Morgan fingerprint density at radius 2 is 1.96 bits per heavy atom. The van der Waals surface area contributed by atoms with E-state index in [2.05, 4.69) is 15.5 Å². The topological polar surface area (TPSA) is 85.8 Å². The molecule has 1 aromatic heterocycles. The Balaban J connectivity index is 1.61. The lowest BCUT2D eigenvalue weighted by Crippen LogP contribution is -2.46. The number of urea groups is 1. The number of halogens is 1. The van der Waals surface area contributed by atoms with E-state index >= 15 is 0 Å². The third-order valence-electron chi connectivity index (χ3n) is 4.18. The summed E-state index contributed by atoms with van der Waals surface area (Å²) in [5.74, 6) is 1.37. The van der Waals surface area contributed by atoms with Gasteiger partial charge < -0.3 is 24.4 Å². The molecule has 2 heterocycles. The van der Waals surface area contributed by atoms with Gasteiger partial charge in [-0.1, -0.05) is 11.6 Å². The molecule has 8 nitrogen and oxygen atoms in total.